The molecule has 1 saturated carbocycles. The van der Waals surface area contributed by atoms with Crippen molar-refractivity contribution < 1.29 is 14.3 Å². The SMILES string of the molecule is O=C(NCC1(O)CCCCC1)Nc1ccc(Cl)cc1F. The predicted molar refractivity (Wildman–Crippen MR) is 76.5 cm³/mol. The molecule has 3 N–H and O–H groups in total. The Hall–Kier alpha value is -1.33. The Morgan fingerprint density at radius 1 is 1.35 bits per heavy atom. The maximum absolute atomic E-state index is 13.5. The second-order valence-corrected chi connectivity index (χ2v) is 5.65. The van der Waals surface area contributed by atoms with E-state index in [-0.39, 0.29) is 17.3 Å². The normalized spacial score (nSPS) is 17.6. The fourth-order valence-electron chi connectivity index (χ4n) is 2.39. The molecule has 20 heavy (non-hydrogen) atoms. The van der Waals surface area contributed by atoms with E-state index in [1.165, 1.54) is 12.1 Å². The zero-order valence-corrected chi connectivity index (χ0v) is 11.8. The van der Waals surface area contributed by atoms with Gasteiger partial charge >= 0.3 is 6.03 Å². The second-order valence-electron chi connectivity index (χ2n) is 5.22. The number of benzene rings is 1. The predicted octanol–water partition coefficient (Wildman–Crippen LogP) is 3.30. The molecule has 0 unspecified atom stereocenters. The topological polar surface area (TPSA) is 61.4 Å². The Kier molecular flexibility index (Phi) is 4.83. The van der Waals surface area contributed by atoms with Crippen LogP contribution in [0.1, 0.15) is 32.1 Å². The molecule has 1 aliphatic carbocycles. The van der Waals surface area contributed by atoms with E-state index < -0.39 is 17.4 Å². The minimum atomic E-state index is -0.839. The number of hydrogen-bond acceptors (Lipinski definition) is 2. The van der Waals surface area contributed by atoms with Gasteiger partial charge in [-0.05, 0) is 31.0 Å². The molecule has 1 aliphatic rings. The average molecular weight is 301 g/mol. The van der Waals surface area contributed by atoms with Crippen molar-refractivity contribution >= 4 is 23.3 Å². The summed E-state index contributed by atoms with van der Waals surface area (Å²) >= 11 is 5.63. The number of nitrogens with one attached hydrogen (secondary N) is 2. The monoisotopic (exact) mass is 300 g/mol. The first-order chi connectivity index (χ1) is 9.48. The molecular formula is C14H18ClFN2O2. The molecule has 1 aromatic carbocycles. The van der Waals surface area contributed by atoms with Gasteiger partial charge in [-0.25, -0.2) is 9.18 Å². The van der Waals surface area contributed by atoms with Gasteiger partial charge in [-0.15, -0.1) is 0 Å². The Morgan fingerprint density at radius 3 is 2.70 bits per heavy atom. The van der Waals surface area contributed by atoms with Gasteiger partial charge in [-0.1, -0.05) is 30.9 Å². The smallest absolute Gasteiger partial charge is 0.319 e. The van der Waals surface area contributed by atoms with E-state index in [4.69, 9.17) is 11.6 Å². The lowest BCUT2D eigenvalue weighted by atomic mass is 9.85. The molecule has 0 bridgehead atoms. The van der Waals surface area contributed by atoms with Crippen LogP contribution < -0.4 is 10.6 Å². The van der Waals surface area contributed by atoms with Crippen LogP contribution in [0.15, 0.2) is 18.2 Å². The van der Waals surface area contributed by atoms with Crippen molar-refractivity contribution in [2.75, 3.05) is 11.9 Å². The number of hydrogen-bond donors (Lipinski definition) is 3. The largest absolute Gasteiger partial charge is 0.388 e. The van der Waals surface area contributed by atoms with Crippen molar-refractivity contribution in [2.24, 2.45) is 0 Å². The Labute approximate surface area is 122 Å². The van der Waals surface area contributed by atoms with Gasteiger partial charge in [0.15, 0.2) is 0 Å². The summed E-state index contributed by atoms with van der Waals surface area (Å²) in [5.41, 5.74) is -0.781. The van der Waals surface area contributed by atoms with Gasteiger partial charge in [-0.3, -0.25) is 0 Å². The van der Waals surface area contributed by atoms with E-state index in [0.29, 0.717) is 12.8 Å². The molecular weight excluding hydrogens is 283 g/mol. The van der Waals surface area contributed by atoms with Crippen molar-refractivity contribution in [3.05, 3.63) is 29.0 Å². The van der Waals surface area contributed by atoms with Crippen LogP contribution in [0.5, 0.6) is 0 Å². The summed E-state index contributed by atoms with van der Waals surface area (Å²) in [4.78, 5) is 11.7. The summed E-state index contributed by atoms with van der Waals surface area (Å²) in [6.45, 7) is 0.175. The maximum Gasteiger partial charge on any atom is 0.319 e. The summed E-state index contributed by atoms with van der Waals surface area (Å²) in [6.07, 6.45) is 4.41. The highest BCUT2D eigenvalue weighted by Gasteiger charge is 2.29. The zero-order chi connectivity index (χ0) is 14.6. The summed E-state index contributed by atoms with van der Waals surface area (Å²) in [5.74, 6) is -0.593. The molecule has 1 fully saturated rings. The number of urea groups is 1. The molecule has 2 rings (SSSR count). The van der Waals surface area contributed by atoms with Gasteiger partial charge < -0.3 is 15.7 Å². The van der Waals surface area contributed by atoms with E-state index in [0.717, 1.165) is 25.3 Å². The maximum atomic E-state index is 13.5. The number of amides is 2. The molecule has 2 amide bonds. The van der Waals surface area contributed by atoms with Crippen LogP contribution in [0, 0.1) is 5.82 Å². The van der Waals surface area contributed by atoms with Crippen molar-refractivity contribution in [3.63, 3.8) is 0 Å². The number of aliphatic hydroxyl groups is 1. The van der Waals surface area contributed by atoms with E-state index in [9.17, 15) is 14.3 Å². The van der Waals surface area contributed by atoms with Crippen molar-refractivity contribution in [1.29, 1.82) is 0 Å². The lowest BCUT2D eigenvalue weighted by Gasteiger charge is -2.32. The molecule has 0 atom stereocenters. The van der Waals surface area contributed by atoms with E-state index in [1.54, 1.807) is 0 Å². The van der Waals surface area contributed by atoms with E-state index in [2.05, 4.69) is 10.6 Å². The van der Waals surface area contributed by atoms with Crippen LogP contribution in [-0.4, -0.2) is 23.3 Å². The lowest BCUT2D eigenvalue weighted by molar-refractivity contribution is 0.00755. The zero-order valence-electron chi connectivity index (χ0n) is 11.1. The fraction of sp³-hybridized carbons (Fsp3) is 0.500. The van der Waals surface area contributed by atoms with Crippen LogP contribution >= 0.6 is 11.6 Å². The third-order valence-corrected chi connectivity index (χ3v) is 3.78. The number of carbonyl (C=O) groups excluding carboxylic acids is 1. The summed E-state index contributed by atoms with van der Waals surface area (Å²) in [5, 5.41) is 15.5. The van der Waals surface area contributed by atoms with E-state index >= 15 is 0 Å². The lowest BCUT2D eigenvalue weighted by Crippen LogP contribution is -2.45. The first-order valence-corrected chi connectivity index (χ1v) is 7.09. The minimum Gasteiger partial charge on any atom is -0.388 e. The standard InChI is InChI=1S/C14H18ClFN2O2/c15-10-4-5-12(11(16)8-10)18-13(19)17-9-14(20)6-2-1-3-7-14/h4-5,8,20H,1-3,6-7,9H2,(H2,17,18,19). The van der Waals surface area contributed by atoms with Gasteiger partial charge in [0.05, 0.1) is 11.3 Å². The van der Waals surface area contributed by atoms with Crippen LogP contribution in [0.4, 0.5) is 14.9 Å². The number of carbonyl (C=O) groups is 1. The summed E-state index contributed by atoms with van der Waals surface area (Å²) < 4.78 is 13.5. The quantitative estimate of drug-likeness (QED) is 0.802. The highest BCUT2D eigenvalue weighted by Crippen LogP contribution is 2.27. The van der Waals surface area contributed by atoms with Crippen molar-refractivity contribution in [1.82, 2.24) is 5.32 Å². The van der Waals surface area contributed by atoms with Gasteiger partial charge in [0, 0.05) is 11.6 Å². The Morgan fingerprint density at radius 2 is 2.05 bits per heavy atom. The molecule has 0 spiro atoms. The molecule has 0 heterocycles. The second kappa shape index (κ2) is 6.41. The molecule has 6 heteroatoms. The summed E-state index contributed by atoms with van der Waals surface area (Å²) in [6, 6.07) is 3.48. The van der Waals surface area contributed by atoms with Crippen molar-refractivity contribution in [2.45, 2.75) is 37.7 Å². The highest BCUT2D eigenvalue weighted by molar-refractivity contribution is 6.30. The van der Waals surface area contributed by atoms with Crippen LogP contribution in [-0.2, 0) is 0 Å². The molecule has 0 aliphatic heterocycles. The van der Waals surface area contributed by atoms with E-state index in [1.807, 2.05) is 0 Å². The third kappa shape index (κ3) is 4.08. The molecule has 0 aromatic heterocycles. The molecule has 0 saturated heterocycles. The number of halogens is 2. The Bertz CT molecular complexity index is 490. The van der Waals surface area contributed by atoms with Gasteiger partial charge in [0.1, 0.15) is 5.82 Å². The average Bonchev–Trinajstić information content (AvgIpc) is 2.41. The summed E-state index contributed by atoms with van der Waals surface area (Å²) in [7, 11) is 0. The Balaban J connectivity index is 1.86. The first kappa shape index (κ1) is 15.1. The molecule has 110 valence electrons. The van der Waals surface area contributed by atoms with Crippen LogP contribution in [0.2, 0.25) is 5.02 Å². The van der Waals surface area contributed by atoms with Gasteiger partial charge in [0.2, 0.25) is 0 Å². The number of anilines is 1. The number of rotatable bonds is 3. The molecule has 4 nitrogen and oxygen atoms in total. The third-order valence-electron chi connectivity index (χ3n) is 3.54. The van der Waals surface area contributed by atoms with Crippen molar-refractivity contribution in [3.8, 4) is 0 Å². The fourth-order valence-corrected chi connectivity index (χ4v) is 2.55. The van der Waals surface area contributed by atoms with Gasteiger partial charge in [-0.2, -0.15) is 0 Å². The molecule has 1 aromatic rings. The van der Waals surface area contributed by atoms with Gasteiger partial charge in [0.25, 0.3) is 0 Å². The first-order valence-electron chi connectivity index (χ1n) is 6.71. The minimum absolute atomic E-state index is 0.0579. The highest BCUT2D eigenvalue weighted by atomic mass is 35.5. The molecule has 0 radical (unpaired) electrons. The van der Waals surface area contributed by atoms with Crippen LogP contribution in [0.25, 0.3) is 0 Å². The van der Waals surface area contributed by atoms with Crippen LogP contribution in [0.3, 0.4) is 0 Å².